The molecule has 0 aliphatic carbocycles. The van der Waals surface area contributed by atoms with E-state index in [1.807, 2.05) is 6.07 Å². The highest BCUT2D eigenvalue weighted by atomic mass is 32.2. The van der Waals surface area contributed by atoms with Gasteiger partial charge in [-0.3, -0.25) is 4.98 Å². The predicted octanol–water partition coefficient (Wildman–Crippen LogP) is 5.75. The van der Waals surface area contributed by atoms with E-state index in [4.69, 9.17) is 0 Å². The number of H-pyrrole nitrogens is 1. The number of alkyl halides is 3. The van der Waals surface area contributed by atoms with E-state index in [0.29, 0.717) is 10.9 Å². The standard InChI is InChI=1S/C17H15F3N2S/c1-2-7-23-16-10-21-6-5-13(16)15-9-11-8-12(17(18,19)20)3-4-14(11)22-15/h3-6,8-10,22H,2,7H2,1H3. The predicted molar refractivity (Wildman–Crippen MR) is 87.5 cm³/mol. The van der Waals surface area contributed by atoms with Gasteiger partial charge in [0.2, 0.25) is 0 Å². The number of nitrogens with zero attached hydrogens (tertiary/aromatic N) is 1. The Hall–Kier alpha value is -1.95. The number of aromatic nitrogens is 2. The maximum atomic E-state index is 12.8. The summed E-state index contributed by atoms with van der Waals surface area (Å²) >= 11 is 1.70. The highest BCUT2D eigenvalue weighted by molar-refractivity contribution is 7.99. The van der Waals surface area contributed by atoms with Crippen molar-refractivity contribution in [2.45, 2.75) is 24.4 Å². The van der Waals surface area contributed by atoms with Gasteiger partial charge in [-0.2, -0.15) is 13.2 Å². The second kappa shape index (κ2) is 6.28. The van der Waals surface area contributed by atoms with Crippen molar-refractivity contribution in [3.8, 4) is 11.3 Å². The van der Waals surface area contributed by atoms with Crippen molar-refractivity contribution in [1.82, 2.24) is 9.97 Å². The molecule has 0 saturated heterocycles. The van der Waals surface area contributed by atoms with Crippen LogP contribution in [0.1, 0.15) is 18.9 Å². The number of hydrogen-bond donors (Lipinski definition) is 1. The number of aromatic amines is 1. The van der Waals surface area contributed by atoms with Crippen LogP contribution in [0.3, 0.4) is 0 Å². The summed E-state index contributed by atoms with van der Waals surface area (Å²) in [5.41, 5.74) is 1.82. The minimum absolute atomic E-state index is 0.554. The normalized spacial score (nSPS) is 12.0. The molecule has 120 valence electrons. The molecule has 0 bridgehead atoms. The zero-order valence-corrected chi connectivity index (χ0v) is 13.3. The fourth-order valence-electron chi connectivity index (χ4n) is 2.38. The fraction of sp³-hybridized carbons (Fsp3) is 0.235. The number of rotatable bonds is 4. The summed E-state index contributed by atoms with van der Waals surface area (Å²) in [4.78, 5) is 8.36. The molecule has 0 spiro atoms. The molecule has 0 saturated carbocycles. The van der Waals surface area contributed by atoms with Gasteiger partial charge in [0.15, 0.2) is 0 Å². The molecule has 1 aromatic carbocycles. The third-order valence-electron chi connectivity index (χ3n) is 3.48. The van der Waals surface area contributed by atoms with Gasteiger partial charge in [-0.1, -0.05) is 6.92 Å². The number of thioether (sulfide) groups is 1. The average molecular weight is 336 g/mol. The van der Waals surface area contributed by atoms with E-state index in [0.717, 1.165) is 34.4 Å². The van der Waals surface area contributed by atoms with Gasteiger partial charge in [0.05, 0.1) is 5.56 Å². The Labute approximate surface area is 136 Å². The van der Waals surface area contributed by atoms with Crippen molar-refractivity contribution < 1.29 is 13.2 Å². The van der Waals surface area contributed by atoms with Crippen LogP contribution in [0.2, 0.25) is 0 Å². The summed E-state index contributed by atoms with van der Waals surface area (Å²) in [5.74, 6) is 0.969. The summed E-state index contributed by atoms with van der Waals surface area (Å²) in [7, 11) is 0. The van der Waals surface area contributed by atoms with Crippen LogP contribution in [-0.4, -0.2) is 15.7 Å². The Bertz CT molecular complexity index is 824. The molecular formula is C17H15F3N2S. The molecule has 2 heterocycles. The third kappa shape index (κ3) is 3.37. The molecule has 0 amide bonds. The topological polar surface area (TPSA) is 28.7 Å². The highest BCUT2D eigenvalue weighted by Gasteiger charge is 2.30. The van der Waals surface area contributed by atoms with Crippen LogP contribution in [0, 0.1) is 0 Å². The van der Waals surface area contributed by atoms with Crippen LogP contribution in [0.15, 0.2) is 47.6 Å². The van der Waals surface area contributed by atoms with Gasteiger partial charge in [0.1, 0.15) is 0 Å². The van der Waals surface area contributed by atoms with E-state index in [2.05, 4.69) is 16.9 Å². The van der Waals surface area contributed by atoms with Crippen LogP contribution in [-0.2, 0) is 6.18 Å². The second-order valence-corrected chi connectivity index (χ2v) is 6.34. The lowest BCUT2D eigenvalue weighted by Crippen LogP contribution is -2.03. The maximum Gasteiger partial charge on any atom is 0.416 e. The molecule has 2 aromatic heterocycles. The first-order valence-corrected chi connectivity index (χ1v) is 8.24. The number of fused-ring (bicyclic) bond motifs is 1. The van der Waals surface area contributed by atoms with Gasteiger partial charge in [-0.25, -0.2) is 0 Å². The SMILES string of the molecule is CCCSc1cnccc1-c1cc2cc(C(F)(F)F)ccc2[nH]1. The van der Waals surface area contributed by atoms with Gasteiger partial charge >= 0.3 is 6.18 Å². The molecule has 0 unspecified atom stereocenters. The van der Waals surface area contributed by atoms with E-state index in [1.54, 1.807) is 30.2 Å². The van der Waals surface area contributed by atoms with Gasteiger partial charge < -0.3 is 4.98 Å². The highest BCUT2D eigenvalue weighted by Crippen LogP contribution is 2.35. The van der Waals surface area contributed by atoms with Crippen molar-refractivity contribution >= 4 is 22.7 Å². The van der Waals surface area contributed by atoms with Gasteiger partial charge in [-0.05, 0) is 42.5 Å². The van der Waals surface area contributed by atoms with E-state index in [-0.39, 0.29) is 0 Å². The second-order valence-electron chi connectivity index (χ2n) is 5.20. The molecule has 0 radical (unpaired) electrons. The van der Waals surface area contributed by atoms with Crippen molar-refractivity contribution in [2.24, 2.45) is 0 Å². The van der Waals surface area contributed by atoms with Crippen LogP contribution in [0.25, 0.3) is 22.2 Å². The number of hydrogen-bond acceptors (Lipinski definition) is 2. The molecule has 1 N–H and O–H groups in total. The van der Waals surface area contributed by atoms with E-state index in [1.165, 1.54) is 12.1 Å². The molecule has 2 nitrogen and oxygen atoms in total. The van der Waals surface area contributed by atoms with Crippen molar-refractivity contribution in [3.05, 3.63) is 48.3 Å². The Morgan fingerprint density at radius 3 is 2.74 bits per heavy atom. The fourth-order valence-corrected chi connectivity index (χ4v) is 3.28. The smallest absolute Gasteiger partial charge is 0.354 e. The lowest BCUT2D eigenvalue weighted by atomic mass is 10.1. The zero-order valence-electron chi connectivity index (χ0n) is 12.4. The molecule has 6 heteroatoms. The monoisotopic (exact) mass is 336 g/mol. The summed E-state index contributed by atoms with van der Waals surface area (Å²) in [6.45, 7) is 2.10. The Morgan fingerprint density at radius 2 is 2.00 bits per heavy atom. The summed E-state index contributed by atoms with van der Waals surface area (Å²) < 4.78 is 38.5. The lowest BCUT2D eigenvalue weighted by Gasteiger charge is -2.06. The summed E-state index contributed by atoms with van der Waals surface area (Å²) in [5, 5.41) is 0.554. The minimum Gasteiger partial charge on any atom is -0.354 e. The molecule has 3 rings (SSSR count). The first kappa shape index (κ1) is 15.9. The van der Waals surface area contributed by atoms with Crippen LogP contribution in [0.5, 0.6) is 0 Å². The van der Waals surface area contributed by atoms with Gasteiger partial charge in [0, 0.05) is 39.4 Å². The number of halogens is 3. The quantitative estimate of drug-likeness (QED) is 0.614. The molecule has 3 aromatic rings. The Balaban J connectivity index is 2.04. The molecular weight excluding hydrogens is 321 g/mol. The Morgan fingerprint density at radius 1 is 1.17 bits per heavy atom. The lowest BCUT2D eigenvalue weighted by molar-refractivity contribution is -0.137. The van der Waals surface area contributed by atoms with Crippen molar-refractivity contribution in [2.75, 3.05) is 5.75 Å². The number of pyridine rings is 1. The van der Waals surface area contributed by atoms with Crippen molar-refractivity contribution in [3.63, 3.8) is 0 Å². The average Bonchev–Trinajstić information content (AvgIpc) is 2.95. The van der Waals surface area contributed by atoms with Crippen LogP contribution < -0.4 is 0 Å². The first-order valence-electron chi connectivity index (χ1n) is 7.26. The molecule has 23 heavy (non-hydrogen) atoms. The van der Waals surface area contributed by atoms with E-state index in [9.17, 15) is 13.2 Å². The number of benzene rings is 1. The molecule has 0 atom stereocenters. The summed E-state index contributed by atoms with van der Waals surface area (Å²) in [6.07, 6.45) is 0.200. The molecule has 0 aliphatic rings. The third-order valence-corrected chi connectivity index (χ3v) is 4.73. The summed E-state index contributed by atoms with van der Waals surface area (Å²) in [6, 6.07) is 7.39. The van der Waals surface area contributed by atoms with Gasteiger partial charge in [-0.15, -0.1) is 11.8 Å². The molecule has 0 fully saturated rings. The van der Waals surface area contributed by atoms with E-state index < -0.39 is 11.7 Å². The van der Waals surface area contributed by atoms with Crippen LogP contribution >= 0.6 is 11.8 Å². The maximum absolute atomic E-state index is 12.8. The number of nitrogens with one attached hydrogen (secondary N) is 1. The van der Waals surface area contributed by atoms with Gasteiger partial charge in [0.25, 0.3) is 0 Å². The largest absolute Gasteiger partial charge is 0.416 e. The van der Waals surface area contributed by atoms with Crippen molar-refractivity contribution in [1.29, 1.82) is 0 Å². The Kier molecular flexibility index (Phi) is 4.35. The zero-order chi connectivity index (χ0) is 16.4. The van der Waals surface area contributed by atoms with Crippen LogP contribution in [0.4, 0.5) is 13.2 Å². The minimum atomic E-state index is -4.33. The molecule has 0 aliphatic heterocycles. The first-order chi connectivity index (χ1) is 11.0. The van der Waals surface area contributed by atoms with E-state index >= 15 is 0 Å².